The number of aliphatic carboxylic acids is 1. The first-order valence-corrected chi connectivity index (χ1v) is 7.17. The fourth-order valence-corrected chi connectivity index (χ4v) is 2.45. The van der Waals surface area contributed by atoms with E-state index in [1.54, 1.807) is 18.2 Å². The number of nitro groups is 1. The molecule has 0 saturated carbocycles. The molecule has 1 rings (SSSR count). The van der Waals surface area contributed by atoms with Crippen molar-refractivity contribution in [2.75, 3.05) is 6.54 Å². The lowest BCUT2D eigenvalue weighted by atomic mass is 10.2. The average Bonchev–Trinajstić information content (AvgIpc) is 2.45. The van der Waals surface area contributed by atoms with Crippen LogP contribution in [0.3, 0.4) is 0 Å². The molecule has 0 bridgehead atoms. The van der Waals surface area contributed by atoms with Crippen molar-refractivity contribution in [3.63, 3.8) is 0 Å². The summed E-state index contributed by atoms with van der Waals surface area (Å²) < 4.78 is 2.72. The van der Waals surface area contributed by atoms with E-state index < -0.39 is 16.9 Å². The Kier molecular flexibility index (Phi) is 7.13. The van der Waals surface area contributed by atoms with Crippen LogP contribution in [0, 0.1) is 10.1 Å². The Morgan fingerprint density at radius 1 is 1.45 bits per heavy atom. The topological polar surface area (TPSA) is 157 Å². The number of carboxylic acids is 1. The highest BCUT2D eigenvalue weighted by Crippen LogP contribution is 2.27. The molecule has 1 atom stereocenters. The molecule has 0 spiro atoms. The number of carboxylic acid groups (broad SMARTS) is 1. The van der Waals surface area contributed by atoms with E-state index in [1.807, 2.05) is 0 Å². The van der Waals surface area contributed by atoms with E-state index in [4.69, 9.17) is 16.6 Å². The number of rotatable bonds is 9. The van der Waals surface area contributed by atoms with Crippen molar-refractivity contribution in [1.29, 1.82) is 0 Å². The number of hydrogen-bond donors (Lipinski definition) is 4. The van der Waals surface area contributed by atoms with Gasteiger partial charge < -0.3 is 16.6 Å². The Balaban J connectivity index is 2.60. The number of aliphatic imine (C=N–C) groups is 1. The van der Waals surface area contributed by atoms with E-state index in [9.17, 15) is 14.9 Å². The van der Waals surface area contributed by atoms with Gasteiger partial charge in [-0.2, -0.15) is 0 Å². The van der Waals surface area contributed by atoms with Crippen LogP contribution < -0.4 is 16.2 Å². The van der Waals surface area contributed by atoms with E-state index in [-0.39, 0.29) is 11.6 Å². The Morgan fingerprint density at radius 3 is 2.73 bits per heavy atom. The van der Waals surface area contributed by atoms with E-state index in [0.717, 1.165) is 11.9 Å². The zero-order valence-corrected chi connectivity index (χ0v) is 12.5. The van der Waals surface area contributed by atoms with Crippen LogP contribution in [0.1, 0.15) is 12.8 Å². The zero-order chi connectivity index (χ0) is 16.5. The van der Waals surface area contributed by atoms with E-state index in [2.05, 4.69) is 9.71 Å². The molecule has 6 N–H and O–H groups in total. The maximum absolute atomic E-state index is 11.2. The third-order valence-electron chi connectivity index (χ3n) is 2.62. The standard InChI is InChI=1S/C12H17N5O4S/c13-12(14)15-7-3-4-8(11(18)19)16-22-10-6-2-1-5-9(10)17(20)21/h1-2,5-6,8,16H,3-4,7H2,(H,18,19)(H4,13,14,15)/t8-/m0/s1. The first-order chi connectivity index (χ1) is 10.4. The van der Waals surface area contributed by atoms with E-state index in [1.165, 1.54) is 6.07 Å². The smallest absolute Gasteiger partial charge is 0.321 e. The number of benzene rings is 1. The predicted octanol–water partition coefficient (Wildman–Crippen LogP) is 0.698. The molecule has 0 heterocycles. The van der Waals surface area contributed by atoms with Gasteiger partial charge in [0.25, 0.3) is 5.69 Å². The van der Waals surface area contributed by atoms with Crippen molar-refractivity contribution >= 4 is 29.6 Å². The molecule has 0 aliphatic heterocycles. The average molecular weight is 327 g/mol. The molecule has 0 aliphatic rings. The van der Waals surface area contributed by atoms with Gasteiger partial charge >= 0.3 is 5.97 Å². The van der Waals surface area contributed by atoms with E-state index >= 15 is 0 Å². The Hall–Kier alpha value is -2.33. The number of hydrogen-bond acceptors (Lipinski definition) is 6. The molecule has 9 nitrogen and oxygen atoms in total. The van der Waals surface area contributed by atoms with Gasteiger partial charge in [-0.1, -0.05) is 12.1 Å². The normalized spacial score (nSPS) is 11.6. The third kappa shape index (κ3) is 5.97. The maximum Gasteiger partial charge on any atom is 0.321 e. The molecule has 120 valence electrons. The number of para-hydroxylation sites is 1. The highest BCUT2D eigenvalue weighted by molar-refractivity contribution is 7.97. The lowest BCUT2D eigenvalue weighted by molar-refractivity contribution is -0.387. The molecule has 22 heavy (non-hydrogen) atoms. The highest BCUT2D eigenvalue weighted by atomic mass is 32.2. The van der Waals surface area contributed by atoms with Crippen LogP contribution in [-0.2, 0) is 4.79 Å². The summed E-state index contributed by atoms with van der Waals surface area (Å²) in [5.41, 5.74) is 10.3. The molecule has 0 fully saturated rings. The first-order valence-electron chi connectivity index (χ1n) is 6.35. The summed E-state index contributed by atoms with van der Waals surface area (Å²) in [6, 6.07) is 5.24. The summed E-state index contributed by atoms with van der Waals surface area (Å²) >= 11 is 0.918. The van der Waals surface area contributed by atoms with Gasteiger partial charge in [0.2, 0.25) is 0 Å². The maximum atomic E-state index is 11.2. The van der Waals surface area contributed by atoms with Crippen LogP contribution in [-0.4, -0.2) is 34.5 Å². The number of nitrogens with zero attached hydrogens (tertiary/aromatic N) is 2. The molecule has 0 aliphatic carbocycles. The van der Waals surface area contributed by atoms with Crippen molar-refractivity contribution < 1.29 is 14.8 Å². The molecule has 0 saturated heterocycles. The number of guanidine groups is 1. The summed E-state index contributed by atoms with van der Waals surface area (Å²) in [7, 11) is 0. The fourth-order valence-electron chi connectivity index (χ4n) is 1.57. The molecule has 1 aromatic carbocycles. The van der Waals surface area contributed by atoms with Crippen molar-refractivity contribution in [1.82, 2.24) is 4.72 Å². The molecule has 0 radical (unpaired) electrons. The summed E-state index contributed by atoms with van der Waals surface area (Å²) in [6.07, 6.45) is 0.763. The second-order valence-electron chi connectivity index (χ2n) is 4.28. The van der Waals surface area contributed by atoms with Crippen molar-refractivity contribution in [3.05, 3.63) is 34.4 Å². The first kappa shape index (κ1) is 17.7. The molecular formula is C12H17N5O4S. The minimum Gasteiger partial charge on any atom is -0.480 e. The van der Waals surface area contributed by atoms with Gasteiger partial charge in [-0.15, -0.1) is 0 Å². The molecule has 0 unspecified atom stereocenters. The third-order valence-corrected chi connectivity index (χ3v) is 3.58. The minimum absolute atomic E-state index is 0.0471. The lowest BCUT2D eigenvalue weighted by Gasteiger charge is -2.13. The van der Waals surface area contributed by atoms with Gasteiger partial charge in [0.1, 0.15) is 10.9 Å². The van der Waals surface area contributed by atoms with Crippen molar-refractivity contribution in [3.8, 4) is 0 Å². The summed E-state index contributed by atoms with van der Waals surface area (Å²) in [5, 5.41) is 20.0. The second kappa shape index (κ2) is 8.85. The Labute approximate surface area is 131 Å². The summed E-state index contributed by atoms with van der Waals surface area (Å²) in [6.45, 7) is 0.323. The van der Waals surface area contributed by atoms with Gasteiger partial charge in [0, 0.05) is 12.6 Å². The van der Waals surface area contributed by atoms with Crippen LogP contribution in [0.15, 0.2) is 34.2 Å². The van der Waals surface area contributed by atoms with Gasteiger partial charge in [0.15, 0.2) is 5.96 Å². The predicted molar refractivity (Wildman–Crippen MR) is 83.4 cm³/mol. The largest absolute Gasteiger partial charge is 0.480 e. The molecule has 0 aromatic heterocycles. The summed E-state index contributed by atoms with van der Waals surface area (Å²) in [5.74, 6) is -1.09. The Bertz CT molecular complexity index is 562. The van der Waals surface area contributed by atoms with Gasteiger partial charge in [-0.05, 0) is 30.9 Å². The molecule has 1 aromatic rings. The Morgan fingerprint density at radius 2 is 2.14 bits per heavy atom. The minimum atomic E-state index is -1.05. The highest BCUT2D eigenvalue weighted by Gasteiger charge is 2.19. The van der Waals surface area contributed by atoms with Gasteiger partial charge in [-0.25, -0.2) is 4.72 Å². The van der Waals surface area contributed by atoms with Crippen LogP contribution in [0.25, 0.3) is 0 Å². The summed E-state index contributed by atoms with van der Waals surface area (Å²) in [4.78, 5) is 25.7. The van der Waals surface area contributed by atoms with Crippen molar-refractivity contribution in [2.24, 2.45) is 16.5 Å². The number of nitrogens with one attached hydrogen (secondary N) is 1. The lowest BCUT2D eigenvalue weighted by Crippen LogP contribution is -2.32. The van der Waals surface area contributed by atoms with Crippen molar-refractivity contribution in [2.45, 2.75) is 23.8 Å². The quantitative estimate of drug-likeness (QED) is 0.129. The van der Waals surface area contributed by atoms with E-state index in [0.29, 0.717) is 24.3 Å². The number of nitro benzene ring substituents is 1. The fraction of sp³-hybridized carbons (Fsp3) is 0.333. The molecule has 10 heteroatoms. The molecule has 0 amide bonds. The van der Waals surface area contributed by atoms with Gasteiger partial charge in [0.05, 0.1) is 4.92 Å². The van der Waals surface area contributed by atoms with Crippen LogP contribution >= 0.6 is 11.9 Å². The molecular weight excluding hydrogens is 310 g/mol. The number of nitrogens with two attached hydrogens (primary N) is 2. The van der Waals surface area contributed by atoms with Crippen LogP contribution in [0.4, 0.5) is 5.69 Å². The zero-order valence-electron chi connectivity index (χ0n) is 11.6. The van der Waals surface area contributed by atoms with Crippen LogP contribution in [0.5, 0.6) is 0 Å². The number of carbonyl (C=O) groups is 1. The second-order valence-corrected chi connectivity index (χ2v) is 5.16. The van der Waals surface area contributed by atoms with Crippen LogP contribution in [0.2, 0.25) is 0 Å². The SMILES string of the molecule is NC(N)=NCCC[C@H](NSc1ccccc1[N+](=O)[O-])C(=O)O. The monoisotopic (exact) mass is 327 g/mol. The van der Waals surface area contributed by atoms with Gasteiger partial charge in [-0.3, -0.25) is 19.9 Å².